The van der Waals surface area contributed by atoms with E-state index in [0.717, 1.165) is 13.8 Å². The fourth-order valence-electron chi connectivity index (χ4n) is 19.4. The van der Waals surface area contributed by atoms with Crippen molar-refractivity contribution in [2.24, 2.45) is 0 Å². The van der Waals surface area contributed by atoms with E-state index in [1.165, 1.54) is 0 Å². The second-order valence-electron chi connectivity index (χ2n) is 38.0. The number of rotatable bonds is 39. The van der Waals surface area contributed by atoms with E-state index in [1.54, 1.807) is 0 Å². The number of carbonyl (C=O) groups is 2. The van der Waals surface area contributed by atoms with Gasteiger partial charge in [0.15, 0.2) is 81.8 Å². The SMILES string of the molecule is CC(=O)N[C@H]1[C@H](O[C@H]2[C@H](O)[C@H](NC(C)=O)C(O)O[C@@H]2CO)O[C@H](CO)[C@@H](O[C@@H]2O[C@H](CO[C@H]3O[C@H](CO[C@H]4O[C@H](CO)[C@@H](O)[C@H](O)[C@@H]4O[C@H]4O[C@H](CO)[C@@H](O)[C@H](O)[C@@H]4O)[C@@H](O)[C@H](O[C@H]4O[C@H](CO)[C@@H](O)[C@H](O)[C@@H]4O)[C@@H]3O)[C@@H](O)[C@H](O[C@H]3O[C@H](CO)[C@@H](O)[C@H](O)[C@@H]3O[C@H]3O[C@H](CO)[C@@H](O)[C@H](O)[C@@H]3O[C@H]3O[C@H](CO)[C@@H](O)[C@H](O[C@H]4O[C@H](CO)[C@@H](O)[C@H](O[C@H]5O[C@H](CO)[C@@H](O)[C@H](O)[C@H]5O[C@H]5O[C@H](CO)[C@@H](O)[C@H](O)[C@H]5O)[C@H]4O)[C@@H]3O)[C@@H]2O)[C@@H]1O. The van der Waals surface area contributed by atoms with E-state index in [4.69, 9.17) is 118 Å². The lowest BCUT2D eigenvalue weighted by Gasteiger charge is -2.51. The monoisotopic (exact) mass is 2210 g/mol. The van der Waals surface area contributed by atoms with Gasteiger partial charge in [-0.25, -0.2) is 0 Å². The lowest BCUT2D eigenvalue weighted by Crippen LogP contribution is -2.70. The largest absolute Gasteiger partial charge is 0.394 e. The summed E-state index contributed by atoms with van der Waals surface area (Å²) in [5.74, 6) is -1.87. The van der Waals surface area contributed by atoms with Crippen molar-refractivity contribution in [3.63, 3.8) is 0 Å². The molecule has 68 heteroatoms. The maximum atomic E-state index is 13.2. The third-order valence-electron chi connectivity index (χ3n) is 28.0. The first-order valence-electron chi connectivity index (χ1n) is 47.7. The van der Waals surface area contributed by atoms with Crippen LogP contribution in [0.2, 0.25) is 0 Å². The van der Waals surface area contributed by atoms with E-state index < -0.39 is 497 Å². The first-order chi connectivity index (χ1) is 71.1. The number of hydrogen-bond acceptors (Lipinski definition) is 66. The van der Waals surface area contributed by atoms with Gasteiger partial charge in [-0.1, -0.05) is 0 Å². The number of carbonyl (C=O) groups excluding carboxylic acids is 2. The molecule has 68 nitrogen and oxygen atoms in total. The average molecular weight is 2210 g/mol. The molecule has 13 fully saturated rings. The minimum atomic E-state index is -2.76. The summed E-state index contributed by atoms with van der Waals surface area (Å²) in [6.45, 7) is -13.7. The van der Waals surface area contributed by atoms with E-state index in [1.807, 2.05) is 0 Å². The number of aliphatic hydroxyl groups is 39. The van der Waals surface area contributed by atoms with Gasteiger partial charge in [0.25, 0.3) is 0 Å². The van der Waals surface area contributed by atoms with Gasteiger partial charge in [-0.15, -0.1) is 0 Å². The van der Waals surface area contributed by atoms with E-state index >= 15 is 0 Å². The zero-order chi connectivity index (χ0) is 110. The molecule has 0 saturated carbocycles. The fourth-order valence-corrected chi connectivity index (χ4v) is 19.4. The number of ether oxygens (including phenoxy) is 25. The molecule has 0 aromatic heterocycles. The Labute approximate surface area is 845 Å². The first kappa shape index (κ1) is 123. The number of amides is 2. The maximum Gasteiger partial charge on any atom is 0.217 e. The summed E-state index contributed by atoms with van der Waals surface area (Å²) in [7, 11) is 0. The Hall–Kier alpha value is -3.62. The molecule has 0 aliphatic carbocycles. The van der Waals surface area contributed by atoms with Crippen LogP contribution < -0.4 is 10.6 Å². The Kier molecular flexibility index (Phi) is 44.2. The van der Waals surface area contributed by atoms with Crippen LogP contribution in [0.15, 0.2) is 0 Å². The van der Waals surface area contributed by atoms with Gasteiger partial charge in [0.1, 0.15) is 317 Å². The number of aliphatic hydroxyl groups excluding tert-OH is 39. The maximum absolute atomic E-state index is 13.2. The van der Waals surface area contributed by atoms with Gasteiger partial charge in [-0.2, -0.15) is 0 Å². The molecule has 13 rings (SSSR count). The minimum Gasteiger partial charge on any atom is -0.394 e. The van der Waals surface area contributed by atoms with E-state index in [2.05, 4.69) is 10.6 Å². The van der Waals surface area contributed by atoms with Crippen molar-refractivity contribution in [1.29, 1.82) is 0 Å². The number of hydrogen-bond donors (Lipinski definition) is 41. The second kappa shape index (κ2) is 53.8. The molecule has 1 unspecified atom stereocenters. The van der Waals surface area contributed by atoms with Crippen LogP contribution in [0, 0.1) is 0 Å². The molecule has 65 atom stereocenters. The highest BCUT2D eigenvalue weighted by atomic mass is 16.8. The summed E-state index contributed by atoms with van der Waals surface area (Å²) in [4.78, 5) is 25.5. The lowest BCUT2D eigenvalue weighted by molar-refractivity contribution is -0.413. The zero-order valence-corrected chi connectivity index (χ0v) is 79.2. The molecule has 2 amide bonds. The van der Waals surface area contributed by atoms with Crippen LogP contribution >= 0.6 is 0 Å². The summed E-state index contributed by atoms with van der Waals surface area (Å²) >= 11 is 0. The minimum absolute atomic E-state index is 0.845. The highest BCUT2D eigenvalue weighted by Gasteiger charge is 2.64. The predicted molar refractivity (Wildman–Crippen MR) is 451 cm³/mol. The van der Waals surface area contributed by atoms with Gasteiger partial charge in [0.2, 0.25) is 11.8 Å². The second-order valence-corrected chi connectivity index (χ2v) is 38.0. The molecular formula is C82H138N2O66. The summed E-state index contributed by atoms with van der Waals surface area (Å²) in [6.07, 6.45) is -142. The summed E-state index contributed by atoms with van der Waals surface area (Å²) in [5.41, 5.74) is 0. The van der Waals surface area contributed by atoms with Crippen LogP contribution in [0.4, 0.5) is 0 Å². The quantitative estimate of drug-likeness (QED) is 0.0272. The van der Waals surface area contributed by atoms with Crippen LogP contribution in [0.25, 0.3) is 0 Å². The third-order valence-corrected chi connectivity index (χ3v) is 28.0. The van der Waals surface area contributed by atoms with Crippen molar-refractivity contribution < 1.29 is 327 Å². The van der Waals surface area contributed by atoms with Crippen LogP contribution in [0.5, 0.6) is 0 Å². The fraction of sp³-hybridized carbons (Fsp3) is 0.976. The van der Waals surface area contributed by atoms with Crippen molar-refractivity contribution in [1.82, 2.24) is 10.6 Å². The molecule has 41 N–H and O–H groups in total. The normalized spacial score (nSPS) is 52.1. The molecule has 13 aliphatic heterocycles. The molecule has 0 spiro atoms. The van der Waals surface area contributed by atoms with E-state index in [0.29, 0.717) is 0 Å². The Bertz CT molecular complexity index is 4070. The lowest BCUT2D eigenvalue weighted by atomic mass is 9.94. The molecule has 0 bridgehead atoms. The molecule has 0 aromatic rings. The van der Waals surface area contributed by atoms with Gasteiger partial charge in [-0.3, -0.25) is 9.59 Å². The summed E-state index contributed by atoms with van der Waals surface area (Å²) in [5, 5.41) is 443. The smallest absolute Gasteiger partial charge is 0.217 e. The Morgan fingerprint density at radius 3 is 0.680 bits per heavy atom. The van der Waals surface area contributed by atoms with E-state index in [-0.39, 0.29) is 0 Å². The number of nitrogens with one attached hydrogen (secondary N) is 2. The summed E-state index contributed by atoms with van der Waals surface area (Å²) in [6, 6.07) is -3.78. The van der Waals surface area contributed by atoms with Crippen molar-refractivity contribution in [3.05, 3.63) is 0 Å². The van der Waals surface area contributed by atoms with Crippen LogP contribution in [-0.2, 0) is 128 Å². The van der Waals surface area contributed by atoms with Gasteiger partial charge in [-0.05, 0) is 0 Å². The van der Waals surface area contributed by atoms with Crippen LogP contribution in [-0.4, -0.2) is 696 Å². The Morgan fingerprint density at radius 1 is 0.173 bits per heavy atom. The average Bonchev–Trinajstić information content (AvgIpc) is 0.760. The molecule has 13 aliphatic rings. The molecule has 150 heavy (non-hydrogen) atoms. The van der Waals surface area contributed by atoms with Gasteiger partial charge in [0, 0.05) is 13.8 Å². The van der Waals surface area contributed by atoms with Crippen molar-refractivity contribution in [2.75, 3.05) is 85.9 Å². The van der Waals surface area contributed by atoms with Crippen molar-refractivity contribution in [3.8, 4) is 0 Å². The van der Waals surface area contributed by atoms with Crippen molar-refractivity contribution >= 4 is 11.8 Å². The molecule has 13 saturated heterocycles. The van der Waals surface area contributed by atoms with Crippen LogP contribution in [0.3, 0.4) is 0 Å². The Morgan fingerprint density at radius 2 is 0.367 bits per heavy atom. The third kappa shape index (κ3) is 26.2. The predicted octanol–water partition coefficient (Wildman–Crippen LogP) is -29.0. The standard InChI is InChI=1S/C82H138N2O66/c1-16(96)83-31-44(109)60(27(12-94)128-70(31)125)141-71-32(84-17(2)97)45(110)61(28(13-95)138-71)142-78-59(124)65(43(108)30(140-78)14-126-72-56(121)64(143-73-53(118)46(111)33(98)18(3-85)129-73)42(107)29(139-72)15-127-79-66(49(114)36(101)21(6-88)134-79)147-74-54(119)47(112)34(99)19(4-86)130-74)146-81-69(52(117)39(104)23(8-90)136-81)150-82-68(51(116)38(103)24(9-91)137-82)149-77-57(122)62(40(105)25(10-92)133-77)144-76-58(123)63(41(106)26(11-93)132-76)145-80-67(50(115)37(102)22(7-89)135-80)148-75-55(120)48(113)35(100)20(5-87)131-75/h18-82,85-95,98-125H,3-15H2,1-2H3,(H,83,96)(H,84,97)/t18-,19-,20-,21-,22-,23-,24-,25-,26-,27-,28-,29-,30-,31+,32-,33-,34-,35-,36-,37-,38-,39-,40-,41-,42-,43-,44-,45-,46+,47+,48+,49+,50+,51+,52+,53+,54+,55-,56+,57+,58-,59+,60-,61-,62+,63+,64+,65+,66+,67-,68+,69+,70?,71+,72+,73-,74-,75-,76-,77-,78+,79+,80-,81-,82-/m1/s1. The van der Waals surface area contributed by atoms with Crippen LogP contribution in [0.1, 0.15) is 13.8 Å². The molecular weight excluding hydrogens is 2070 g/mol. The highest BCUT2D eigenvalue weighted by Crippen LogP contribution is 2.44. The highest BCUT2D eigenvalue weighted by molar-refractivity contribution is 5.73. The van der Waals surface area contributed by atoms with Gasteiger partial charge in [0.05, 0.1) is 85.9 Å². The van der Waals surface area contributed by atoms with Gasteiger partial charge < -0.3 is 328 Å². The molecule has 872 valence electrons. The van der Waals surface area contributed by atoms with Gasteiger partial charge >= 0.3 is 0 Å². The Balaban J connectivity index is 0.814. The molecule has 13 heterocycles. The van der Waals surface area contributed by atoms with Crippen molar-refractivity contribution in [2.45, 2.75) is 413 Å². The summed E-state index contributed by atoms with van der Waals surface area (Å²) < 4.78 is 147. The first-order valence-corrected chi connectivity index (χ1v) is 47.7. The topological polar surface area (TPSA) is 1080 Å². The van der Waals surface area contributed by atoms with E-state index in [9.17, 15) is 209 Å². The molecule has 0 radical (unpaired) electrons. The zero-order valence-electron chi connectivity index (χ0n) is 79.2. The molecule has 0 aromatic carbocycles.